The molecule has 1 N–H and O–H groups in total. The highest BCUT2D eigenvalue weighted by atomic mass is 79.9. The van der Waals surface area contributed by atoms with Crippen LogP contribution in [0.25, 0.3) is 11.3 Å². The fourth-order valence-electron chi connectivity index (χ4n) is 2.15. The van der Waals surface area contributed by atoms with Crippen LogP contribution in [0.3, 0.4) is 0 Å². The molecule has 0 atom stereocenters. The zero-order valence-corrected chi connectivity index (χ0v) is 12.9. The van der Waals surface area contributed by atoms with E-state index in [1.807, 2.05) is 0 Å². The van der Waals surface area contributed by atoms with Gasteiger partial charge in [0.2, 0.25) is 0 Å². The second-order valence-electron chi connectivity index (χ2n) is 5.19. The molecule has 0 amide bonds. The summed E-state index contributed by atoms with van der Waals surface area (Å²) in [5.41, 5.74) is -0.173. The van der Waals surface area contributed by atoms with Crippen molar-refractivity contribution in [3.63, 3.8) is 0 Å². The second kappa shape index (κ2) is 6.23. The molecule has 1 heterocycles. The van der Waals surface area contributed by atoms with Crippen molar-refractivity contribution in [3.8, 4) is 11.3 Å². The summed E-state index contributed by atoms with van der Waals surface area (Å²) >= 11 is 3.05. The van der Waals surface area contributed by atoms with Crippen LogP contribution in [0.1, 0.15) is 25.2 Å². The summed E-state index contributed by atoms with van der Waals surface area (Å²) in [5, 5.41) is 3.40. The Labute approximate surface area is 129 Å². The van der Waals surface area contributed by atoms with Crippen molar-refractivity contribution < 1.29 is 13.2 Å². The van der Waals surface area contributed by atoms with Gasteiger partial charge in [0.15, 0.2) is 11.7 Å². The third kappa shape index (κ3) is 3.68. The minimum Gasteiger partial charge on any atom is -0.441 e. The van der Waals surface area contributed by atoms with E-state index in [2.05, 4.69) is 26.2 Å². The number of aromatic nitrogens is 1. The number of oxazole rings is 1. The Kier molecular flexibility index (Phi) is 4.35. The van der Waals surface area contributed by atoms with E-state index in [0.29, 0.717) is 22.8 Å². The first-order valence-corrected chi connectivity index (χ1v) is 7.76. The average Bonchev–Trinajstić information content (AvgIpc) is 3.13. The highest BCUT2D eigenvalue weighted by Gasteiger charge is 2.20. The van der Waals surface area contributed by atoms with E-state index in [1.165, 1.54) is 31.2 Å². The molecule has 0 spiro atoms. The number of benzene rings is 1. The molecule has 0 saturated heterocycles. The van der Waals surface area contributed by atoms with E-state index >= 15 is 0 Å². The Morgan fingerprint density at radius 3 is 2.67 bits per heavy atom. The van der Waals surface area contributed by atoms with Crippen molar-refractivity contribution in [2.45, 2.75) is 31.7 Å². The number of rotatable bonds is 6. The number of nitrogens with one attached hydrogen (secondary N) is 1. The Bertz CT molecular complexity index is 617. The van der Waals surface area contributed by atoms with E-state index in [4.69, 9.17) is 4.42 Å². The zero-order valence-electron chi connectivity index (χ0n) is 11.3. The van der Waals surface area contributed by atoms with Gasteiger partial charge in [0.25, 0.3) is 0 Å². The van der Waals surface area contributed by atoms with Crippen molar-refractivity contribution in [2.75, 3.05) is 6.54 Å². The zero-order chi connectivity index (χ0) is 14.8. The molecule has 0 aliphatic heterocycles. The standard InChI is InChI=1S/C15H15BrF2N2O/c16-9-6-11(17)15(12(18)7-9)13-8-20-14(21-13)2-1-5-19-10-3-4-10/h6-8,10,19H,1-5H2. The summed E-state index contributed by atoms with van der Waals surface area (Å²) in [7, 11) is 0. The lowest BCUT2D eigenvalue weighted by Gasteiger charge is -2.02. The summed E-state index contributed by atoms with van der Waals surface area (Å²) in [6.07, 6.45) is 5.43. The van der Waals surface area contributed by atoms with E-state index in [-0.39, 0.29) is 11.3 Å². The van der Waals surface area contributed by atoms with Crippen LogP contribution >= 0.6 is 15.9 Å². The van der Waals surface area contributed by atoms with E-state index in [1.54, 1.807) is 0 Å². The number of hydrogen-bond donors (Lipinski definition) is 1. The summed E-state index contributed by atoms with van der Waals surface area (Å²) < 4.78 is 33.5. The molecule has 1 aliphatic rings. The fourth-order valence-corrected chi connectivity index (χ4v) is 2.55. The monoisotopic (exact) mass is 356 g/mol. The SMILES string of the molecule is Fc1cc(Br)cc(F)c1-c1cnc(CCCNC2CC2)o1. The lowest BCUT2D eigenvalue weighted by molar-refractivity contribution is 0.483. The highest BCUT2D eigenvalue weighted by molar-refractivity contribution is 9.10. The topological polar surface area (TPSA) is 38.1 Å². The summed E-state index contributed by atoms with van der Waals surface area (Å²) in [5.74, 6) is -0.702. The van der Waals surface area contributed by atoms with Crippen molar-refractivity contribution in [3.05, 3.63) is 40.3 Å². The van der Waals surface area contributed by atoms with Crippen LogP contribution in [0.2, 0.25) is 0 Å². The average molecular weight is 357 g/mol. The van der Waals surface area contributed by atoms with Crippen molar-refractivity contribution >= 4 is 15.9 Å². The Morgan fingerprint density at radius 1 is 1.29 bits per heavy atom. The van der Waals surface area contributed by atoms with Gasteiger partial charge >= 0.3 is 0 Å². The summed E-state index contributed by atoms with van der Waals surface area (Å²) in [6.45, 7) is 0.906. The molecule has 0 bridgehead atoms. The molecule has 2 aromatic rings. The quantitative estimate of drug-likeness (QED) is 0.793. The maximum Gasteiger partial charge on any atom is 0.194 e. The normalized spacial score (nSPS) is 14.6. The number of hydrogen-bond acceptors (Lipinski definition) is 3. The van der Waals surface area contributed by atoms with Gasteiger partial charge in [0, 0.05) is 16.9 Å². The van der Waals surface area contributed by atoms with Crippen LogP contribution in [0.4, 0.5) is 8.78 Å². The molecule has 1 aromatic heterocycles. The molecule has 3 nitrogen and oxygen atoms in total. The van der Waals surface area contributed by atoms with Crippen molar-refractivity contribution in [2.24, 2.45) is 0 Å². The molecule has 6 heteroatoms. The van der Waals surface area contributed by atoms with Gasteiger partial charge in [0.05, 0.1) is 11.8 Å². The maximum atomic E-state index is 13.8. The fraction of sp³-hybridized carbons (Fsp3) is 0.400. The first-order chi connectivity index (χ1) is 10.1. The van der Waals surface area contributed by atoms with Crippen LogP contribution < -0.4 is 5.32 Å². The van der Waals surface area contributed by atoms with Crippen LogP contribution in [-0.2, 0) is 6.42 Å². The van der Waals surface area contributed by atoms with Gasteiger partial charge in [0.1, 0.15) is 11.6 Å². The molecule has 1 fully saturated rings. The van der Waals surface area contributed by atoms with Gasteiger partial charge in [-0.3, -0.25) is 0 Å². The lowest BCUT2D eigenvalue weighted by atomic mass is 10.1. The van der Waals surface area contributed by atoms with Crippen LogP contribution in [0.15, 0.2) is 27.2 Å². The highest BCUT2D eigenvalue weighted by Crippen LogP contribution is 2.29. The molecule has 3 rings (SSSR count). The third-order valence-electron chi connectivity index (χ3n) is 3.38. The van der Waals surface area contributed by atoms with Crippen LogP contribution in [0, 0.1) is 11.6 Å². The van der Waals surface area contributed by atoms with Gasteiger partial charge in [-0.05, 0) is 37.9 Å². The maximum absolute atomic E-state index is 13.8. The molecule has 112 valence electrons. The molecule has 0 radical (unpaired) electrons. The molecule has 0 unspecified atom stereocenters. The first-order valence-electron chi connectivity index (χ1n) is 6.96. The van der Waals surface area contributed by atoms with Gasteiger partial charge in [-0.2, -0.15) is 0 Å². The van der Waals surface area contributed by atoms with Crippen molar-refractivity contribution in [1.82, 2.24) is 10.3 Å². The number of aryl methyl sites for hydroxylation is 1. The smallest absolute Gasteiger partial charge is 0.194 e. The second-order valence-corrected chi connectivity index (χ2v) is 6.11. The van der Waals surface area contributed by atoms with E-state index in [0.717, 1.165) is 13.0 Å². The van der Waals surface area contributed by atoms with Gasteiger partial charge < -0.3 is 9.73 Å². The molecule has 1 aromatic carbocycles. The summed E-state index contributed by atoms with van der Waals surface area (Å²) in [6, 6.07) is 3.09. The Hall–Kier alpha value is -1.27. The predicted octanol–water partition coefficient (Wildman–Crippen LogP) is 4.07. The van der Waals surface area contributed by atoms with Crippen LogP contribution in [0.5, 0.6) is 0 Å². The molecular weight excluding hydrogens is 342 g/mol. The Balaban J connectivity index is 1.66. The van der Waals surface area contributed by atoms with E-state index < -0.39 is 11.6 Å². The van der Waals surface area contributed by atoms with Crippen molar-refractivity contribution in [1.29, 1.82) is 0 Å². The lowest BCUT2D eigenvalue weighted by Crippen LogP contribution is -2.17. The predicted molar refractivity (Wildman–Crippen MR) is 78.9 cm³/mol. The summed E-state index contributed by atoms with van der Waals surface area (Å²) in [4.78, 5) is 4.09. The molecule has 1 saturated carbocycles. The van der Waals surface area contributed by atoms with E-state index in [9.17, 15) is 8.78 Å². The van der Waals surface area contributed by atoms with Crippen LogP contribution in [-0.4, -0.2) is 17.6 Å². The minimum absolute atomic E-state index is 0.127. The number of nitrogens with zero attached hydrogens (tertiary/aromatic N) is 1. The van der Waals surface area contributed by atoms with Gasteiger partial charge in [-0.25, -0.2) is 13.8 Å². The van der Waals surface area contributed by atoms with Gasteiger partial charge in [-0.15, -0.1) is 0 Å². The molecule has 1 aliphatic carbocycles. The Morgan fingerprint density at radius 2 is 2.00 bits per heavy atom. The third-order valence-corrected chi connectivity index (χ3v) is 3.84. The van der Waals surface area contributed by atoms with Gasteiger partial charge in [-0.1, -0.05) is 15.9 Å². The number of halogens is 3. The molecule has 21 heavy (non-hydrogen) atoms. The molecular formula is C15H15BrF2N2O. The minimum atomic E-state index is -0.667. The first kappa shape index (κ1) is 14.7. The largest absolute Gasteiger partial charge is 0.441 e.